The average Bonchev–Trinajstić information content (AvgIpc) is 2.76. The SMILES string of the molecule is CCOC(=O)CC(=O)NCC1(C=O)CCCC1. The van der Waals surface area contributed by atoms with Gasteiger partial charge in [-0.3, -0.25) is 9.59 Å². The summed E-state index contributed by atoms with van der Waals surface area (Å²) in [4.78, 5) is 33.5. The van der Waals surface area contributed by atoms with Crippen LogP contribution in [-0.4, -0.2) is 31.3 Å². The van der Waals surface area contributed by atoms with Crippen LogP contribution in [0, 0.1) is 5.41 Å². The van der Waals surface area contributed by atoms with Crippen molar-refractivity contribution in [2.45, 2.75) is 39.0 Å². The number of rotatable bonds is 6. The van der Waals surface area contributed by atoms with Gasteiger partial charge in [-0.25, -0.2) is 0 Å². The molecule has 0 atom stereocenters. The minimum atomic E-state index is -0.531. The van der Waals surface area contributed by atoms with Gasteiger partial charge in [-0.1, -0.05) is 12.8 Å². The molecule has 1 aliphatic carbocycles. The Hall–Kier alpha value is -1.39. The summed E-state index contributed by atoms with van der Waals surface area (Å²) < 4.78 is 4.67. The maximum atomic E-state index is 11.4. The number of carbonyl (C=O) groups excluding carboxylic acids is 3. The Morgan fingerprint density at radius 3 is 2.53 bits per heavy atom. The maximum absolute atomic E-state index is 11.4. The standard InChI is InChI=1S/C12H19NO4/c1-2-17-11(16)7-10(15)13-8-12(9-14)5-3-4-6-12/h9H,2-8H2,1H3,(H,13,15). The lowest BCUT2D eigenvalue weighted by Gasteiger charge is -2.21. The second kappa shape index (κ2) is 6.37. The van der Waals surface area contributed by atoms with Gasteiger partial charge in [-0.05, 0) is 19.8 Å². The predicted octanol–water partition coefficient (Wildman–Crippen LogP) is 0.815. The summed E-state index contributed by atoms with van der Waals surface area (Å²) in [6.45, 7) is 2.29. The number of amides is 1. The normalized spacial score (nSPS) is 17.5. The molecule has 1 rings (SSSR count). The van der Waals surface area contributed by atoms with Gasteiger partial charge < -0.3 is 14.8 Å². The molecular formula is C12H19NO4. The van der Waals surface area contributed by atoms with E-state index in [1.807, 2.05) is 0 Å². The number of nitrogens with one attached hydrogen (secondary N) is 1. The molecule has 0 aromatic rings. The van der Waals surface area contributed by atoms with E-state index in [1.165, 1.54) is 0 Å². The quantitative estimate of drug-likeness (QED) is 0.424. The molecule has 5 heteroatoms. The zero-order valence-electron chi connectivity index (χ0n) is 10.2. The highest BCUT2D eigenvalue weighted by atomic mass is 16.5. The summed E-state index contributed by atoms with van der Waals surface area (Å²) in [7, 11) is 0. The van der Waals surface area contributed by atoms with Crippen molar-refractivity contribution in [3.8, 4) is 0 Å². The molecule has 0 bridgehead atoms. The van der Waals surface area contributed by atoms with Crippen molar-refractivity contribution in [1.82, 2.24) is 5.32 Å². The fraction of sp³-hybridized carbons (Fsp3) is 0.750. The van der Waals surface area contributed by atoms with Gasteiger partial charge in [0.25, 0.3) is 0 Å². The summed E-state index contributed by atoms with van der Waals surface area (Å²) in [6, 6.07) is 0. The fourth-order valence-corrected chi connectivity index (χ4v) is 2.10. The van der Waals surface area contributed by atoms with Crippen LogP contribution in [0.5, 0.6) is 0 Å². The molecule has 0 unspecified atom stereocenters. The van der Waals surface area contributed by atoms with Gasteiger partial charge in [0.1, 0.15) is 12.7 Å². The minimum absolute atomic E-state index is 0.268. The third-order valence-electron chi connectivity index (χ3n) is 3.10. The van der Waals surface area contributed by atoms with E-state index >= 15 is 0 Å². The van der Waals surface area contributed by atoms with E-state index in [0.717, 1.165) is 32.0 Å². The van der Waals surface area contributed by atoms with Gasteiger partial charge in [0.15, 0.2) is 0 Å². The molecule has 0 saturated heterocycles. The first-order valence-electron chi connectivity index (χ1n) is 6.00. The molecule has 5 nitrogen and oxygen atoms in total. The van der Waals surface area contributed by atoms with Crippen molar-refractivity contribution in [2.24, 2.45) is 5.41 Å². The highest BCUT2D eigenvalue weighted by molar-refractivity contribution is 5.94. The molecule has 0 heterocycles. The third-order valence-corrected chi connectivity index (χ3v) is 3.10. The van der Waals surface area contributed by atoms with Crippen molar-refractivity contribution in [1.29, 1.82) is 0 Å². The van der Waals surface area contributed by atoms with Crippen molar-refractivity contribution in [2.75, 3.05) is 13.2 Å². The molecule has 0 aromatic heterocycles. The van der Waals surface area contributed by atoms with E-state index in [1.54, 1.807) is 6.92 Å². The van der Waals surface area contributed by atoms with Crippen LogP contribution < -0.4 is 5.32 Å². The van der Waals surface area contributed by atoms with Gasteiger partial charge in [-0.2, -0.15) is 0 Å². The second-order valence-electron chi connectivity index (χ2n) is 4.45. The highest BCUT2D eigenvalue weighted by Crippen LogP contribution is 2.35. The first kappa shape index (κ1) is 13.7. The van der Waals surface area contributed by atoms with Crippen LogP contribution in [-0.2, 0) is 19.1 Å². The van der Waals surface area contributed by atoms with Crippen molar-refractivity contribution >= 4 is 18.2 Å². The van der Waals surface area contributed by atoms with Crippen molar-refractivity contribution in [3.05, 3.63) is 0 Å². The number of carbonyl (C=O) groups is 3. The molecule has 0 radical (unpaired) electrons. The van der Waals surface area contributed by atoms with Gasteiger partial charge in [0, 0.05) is 12.0 Å². The average molecular weight is 241 g/mol. The van der Waals surface area contributed by atoms with E-state index < -0.39 is 11.4 Å². The summed E-state index contributed by atoms with van der Waals surface area (Å²) in [5.74, 6) is -0.909. The van der Waals surface area contributed by atoms with E-state index in [-0.39, 0.29) is 18.9 Å². The van der Waals surface area contributed by atoms with Crippen molar-refractivity contribution < 1.29 is 19.1 Å². The Morgan fingerprint density at radius 2 is 2.00 bits per heavy atom. The predicted molar refractivity (Wildman–Crippen MR) is 61.2 cm³/mol. The summed E-state index contributed by atoms with van der Waals surface area (Å²) in [5.41, 5.74) is -0.412. The number of ether oxygens (including phenoxy) is 1. The first-order chi connectivity index (χ1) is 8.12. The third kappa shape index (κ3) is 4.17. The molecular weight excluding hydrogens is 222 g/mol. The summed E-state index contributed by atoms with van der Waals surface area (Å²) in [6.07, 6.45) is 4.33. The van der Waals surface area contributed by atoms with E-state index in [4.69, 9.17) is 0 Å². The lowest BCUT2D eigenvalue weighted by Crippen LogP contribution is -2.37. The Balaban J connectivity index is 2.32. The Bertz CT molecular complexity index is 295. The molecule has 0 aliphatic heterocycles. The zero-order valence-corrected chi connectivity index (χ0v) is 10.2. The van der Waals surface area contributed by atoms with Crippen LogP contribution in [0.4, 0.5) is 0 Å². The largest absolute Gasteiger partial charge is 0.466 e. The second-order valence-corrected chi connectivity index (χ2v) is 4.45. The van der Waals surface area contributed by atoms with Crippen LogP contribution in [0.3, 0.4) is 0 Å². The number of hydrogen-bond acceptors (Lipinski definition) is 4. The van der Waals surface area contributed by atoms with Crippen LogP contribution in [0.2, 0.25) is 0 Å². The molecule has 96 valence electrons. The molecule has 1 aliphatic rings. The molecule has 1 fully saturated rings. The van der Waals surface area contributed by atoms with E-state index in [0.29, 0.717) is 6.54 Å². The monoisotopic (exact) mass is 241 g/mol. The number of aldehydes is 1. The van der Waals surface area contributed by atoms with Crippen LogP contribution in [0.1, 0.15) is 39.0 Å². The van der Waals surface area contributed by atoms with Gasteiger partial charge in [0.2, 0.25) is 5.91 Å². The maximum Gasteiger partial charge on any atom is 0.315 e. The van der Waals surface area contributed by atoms with E-state index in [2.05, 4.69) is 10.1 Å². The lowest BCUT2D eigenvalue weighted by atomic mass is 9.88. The molecule has 1 saturated carbocycles. The minimum Gasteiger partial charge on any atom is -0.466 e. The topological polar surface area (TPSA) is 72.5 Å². The fourth-order valence-electron chi connectivity index (χ4n) is 2.10. The molecule has 17 heavy (non-hydrogen) atoms. The summed E-state index contributed by atoms with van der Waals surface area (Å²) >= 11 is 0. The molecule has 1 amide bonds. The Labute approximate surface area is 101 Å². The first-order valence-corrected chi connectivity index (χ1v) is 6.00. The number of hydrogen-bond donors (Lipinski definition) is 1. The smallest absolute Gasteiger partial charge is 0.315 e. The van der Waals surface area contributed by atoms with Crippen LogP contribution in [0.15, 0.2) is 0 Å². The van der Waals surface area contributed by atoms with E-state index in [9.17, 15) is 14.4 Å². The Kier molecular flexibility index (Phi) is 5.12. The highest BCUT2D eigenvalue weighted by Gasteiger charge is 2.33. The molecule has 0 spiro atoms. The Morgan fingerprint density at radius 1 is 1.35 bits per heavy atom. The zero-order chi connectivity index (χ0) is 12.7. The molecule has 0 aromatic carbocycles. The van der Waals surface area contributed by atoms with Crippen molar-refractivity contribution in [3.63, 3.8) is 0 Å². The number of esters is 1. The molecule has 1 N–H and O–H groups in total. The summed E-state index contributed by atoms with van der Waals surface area (Å²) in [5, 5.41) is 2.63. The van der Waals surface area contributed by atoms with Crippen LogP contribution >= 0.6 is 0 Å². The van der Waals surface area contributed by atoms with Gasteiger partial charge in [0.05, 0.1) is 6.61 Å². The van der Waals surface area contributed by atoms with Gasteiger partial charge >= 0.3 is 5.97 Å². The lowest BCUT2D eigenvalue weighted by molar-refractivity contribution is -0.146. The van der Waals surface area contributed by atoms with Crippen LogP contribution in [0.25, 0.3) is 0 Å². The van der Waals surface area contributed by atoms with Gasteiger partial charge in [-0.15, -0.1) is 0 Å².